The third kappa shape index (κ3) is 4.55. The van der Waals surface area contributed by atoms with Crippen LogP contribution in [-0.4, -0.2) is 18.5 Å². The Morgan fingerprint density at radius 1 is 1.03 bits per heavy atom. The number of thiophene rings is 1. The van der Waals surface area contributed by atoms with Gasteiger partial charge in [-0.3, -0.25) is 0 Å². The number of benzene rings is 2. The maximum absolute atomic E-state index is 12.2. The summed E-state index contributed by atoms with van der Waals surface area (Å²) in [7, 11) is 0. The molecule has 0 bridgehead atoms. The zero-order valence-corrected chi connectivity index (χ0v) is 16.6. The van der Waals surface area contributed by atoms with Crippen LogP contribution < -0.4 is 9.47 Å². The van der Waals surface area contributed by atoms with Gasteiger partial charge in [-0.15, -0.1) is 11.3 Å². The van der Waals surface area contributed by atoms with Gasteiger partial charge in [0.05, 0.1) is 11.5 Å². The second-order valence-electron chi connectivity index (χ2n) is 6.23. The minimum Gasteiger partial charge on any atom is -0.490 e. The molecule has 0 fully saturated rings. The van der Waals surface area contributed by atoms with Crippen LogP contribution >= 0.6 is 11.3 Å². The van der Waals surface area contributed by atoms with Crippen LogP contribution in [0, 0.1) is 0 Å². The van der Waals surface area contributed by atoms with Crippen molar-refractivity contribution in [3.63, 3.8) is 0 Å². The molecule has 6 heteroatoms. The van der Waals surface area contributed by atoms with Crippen LogP contribution in [0.5, 0.6) is 11.5 Å². The van der Waals surface area contributed by atoms with Gasteiger partial charge in [0, 0.05) is 0 Å². The first-order valence-corrected chi connectivity index (χ1v) is 10.1. The average Bonchev–Trinajstić information content (AvgIpc) is 3.39. The van der Waals surface area contributed by atoms with Crippen LogP contribution in [0.1, 0.15) is 22.9 Å². The van der Waals surface area contributed by atoms with Gasteiger partial charge in [-0.25, -0.2) is 9.79 Å². The number of rotatable bonds is 7. The summed E-state index contributed by atoms with van der Waals surface area (Å²) in [6, 6.07) is 19.2. The van der Waals surface area contributed by atoms with Crippen molar-refractivity contribution >= 4 is 29.3 Å². The molecule has 5 nitrogen and oxygen atoms in total. The Labute approximate surface area is 172 Å². The second kappa shape index (κ2) is 8.75. The topological polar surface area (TPSA) is 57.1 Å². The van der Waals surface area contributed by atoms with Crippen molar-refractivity contribution < 1.29 is 19.0 Å². The van der Waals surface area contributed by atoms with E-state index >= 15 is 0 Å². The number of nitrogens with zero attached hydrogens (tertiary/aromatic N) is 1. The summed E-state index contributed by atoms with van der Waals surface area (Å²) in [5.74, 6) is 1.14. The standard InChI is InChI=1S/C23H19NO4S/c1-2-26-20-14-17(10-11-19(20)27-15-16-7-4-3-5-8-16)13-18-23(25)28-22(24-18)21-9-6-12-29-21/h3-14H,2,15H2,1H3/b18-13+. The van der Waals surface area contributed by atoms with Crippen LogP contribution in [0.4, 0.5) is 0 Å². The maximum atomic E-state index is 12.2. The zero-order valence-electron chi connectivity index (χ0n) is 15.8. The fourth-order valence-electron chi connectivity index (χ4n) is 2.81. The third-order valence-corrected chi connectivity index (χ3v) is 5.02. The summed E-state index contributed by atoms with van der Waals surface area (Å²) >= 11 is 1.47. The first-order valence-electron chi connectivity index (χ1n) is 9.23. The van der Waals surface area contributed by atoms with E-state index in [9.17, 15) is 4.79 Å². The highest BCUT2D eigenvalue weighted by atomic mass is 32.1. The van der Waals surface area contributed by atoms with E-state index in [-0.39, 0.29) is 5.70 Å². The second-order valence-corrected chi connectivity index (χ2v) is 7.17. The maximum Gasteiger partial charge on any atom is 0.363 e. The van der Waals surface area contributed by atoms with Crippen LogP contribution in [0.2, 0.25) is 0 Å². The highest BCUT2D eigenvalue weighted by Gasteiger charge is 2.24. The first-order chi connectivity index (χ1) is 14.2. The van der Waals surface area contributed by atoms with Crippen molar-refractivity contribution in [2.75, 3.05) is 6.61 Å². The number of hydrogen-bond acceptors (Lipinski definition) is 6. The van der Waals surface area contributed by atoms with Crippen molar-refractivity contribution in [2.24, 2.45) is 4.99 Å². The smallest absolute Gasteiger partial charge is 0.363 e. The van der Waals surface area contributed by atoms with Crippen molar-refractivity contribution in [2.45, 2.75) is 13.5 Å². The lowest BCUT2D eigenvalue weighted by atomic mass is 10.1. The molecule has 29 heavy (non-hydrogen) atoms. The monoisotopic (exact) mass is 405 g/mol. The van der Waals surface area contributed by atoms with E-state index in [1.807, 2.05) is 73.0 Å². The predicted octanol–water partition coefficient (Wildman–Crippen LogP) is 5.07. The fourth-order valence-corrected chi connectivity index (χ4v) is 3.46. The third-order valence-electron chi connectivity index (χ3n) is 4.16. The number of carbonyl (C=O) groups is 1. The van der Waals surface area contributed by atoms with Gasteiger partial charge in [0.15, 0.2) is 17.2 Å². The average molecular weight is 405 g/mol. The van der Waals surface area contributed by atoms with E-state index in [1.165, 1.54) is 11.3 Å². The molecule has 0 aliphatic carbocycles. The zero-order chi connectivity index (χ0) is 20.1. The fraction of sp³-hybridized carbons (Fsp3) is 0.130. The molecule has 0 atom stereocenters. The first kappa shape index (κ1) is 19.0. The van der Waals surface area contributed by atoms with Gasteiger partial charge in [-0.05, 0) is 47.7 Å². The van der Waals surface area contributed by atoms with E-state index in [4.69, 9.17) is 14.2 Å². The van der Waals surface area contributed by atoms with E-state index in [0.29, 0.717) is 30.6 Å². The van der Waals surface area contributed by atoms with Gasteiger partial charge in [-0.1, -0.05) is 42.5 Å². The molecule has 0 amide bonds. The Balaban J connectivity index is 1.56. The van der Waals surface area contributed by atoms with Crippen LogP contribution in [-0.2, 0) is 16.1 Å². The van der Waals surface area contributed by atoms with Crippen LogP contribution in [0.3, 0.4) is 0 Å². The Morgan fingerprint density at radius 3 is 2.66 bits per heavy atom. The number of ether oxygens (including phenoxy) is 3. The van der Waals surface area contributed by atoms with Crippen molar-refractivity contribution in [1.82, 2.24) is 0 Å². The molecule has 0 spiro atoms. The number of hydrogen-bond donors (Lipinski definition) is 0. The normalized spacial score (nSPS) is 14.6. The van der Waals surface area contributed by atoms with Gasteiger partial charge >= 0.3 is 5.97 Å². The summed E-state index contributed by atoms with van der Waals surface area (Å²) < 4.78 is 16.9. The highest BCUT2D eigenvalue weighted by molar-refractivity contribution is 7.12. The molecule has 1 aromatic heterocycles. The van der Waals surface area contributed by atoms with Gasteiger partial charge < -0.3 is 14.2 Å². The summed E-state index contributed by atoms with van der Waals surface area (Å²) in [5.41, 5.74) is 2.11. The highest BCUT2D eigenvalue weighted by Crippen LogP contribution is 2.31. The Morgan fingerprint density at radius 2 is 1.90 bits per heavy atom. The van der Waals surface area contributed by atoms with Gasteiger partial charge in [0.25, 0.3) is 0 Å². The van der Waals surface area contributed by atoms with Crippen molar-refractivity contribution in [3.8, 4) is 11.5 Å². The minimum absolute atomic E-state index is 0.258. The number of carbonyl (C=O) groups excluding carboxylic acids is 1. The molecular weight excluding hydrogens is 386 g/mol. The van der Waals surface area contributed by atoms with E-state index in [0.717, 1.165) is 16.0 Å². The number of cyclic esters (lactones) is 1. The predicted molar refractivity (Wildman–Crippen MR) is 113 cm³/mol. The molecule has 2 heterocycles. The van der Waals surface area contributed by atoms with Crippen molar-refractivity contribution in [3.05, 3.63) is 87.7 Å². The summed E-state index contributed by atoms with van der Waals surface area (Å²) in [4.78, 5) is 17.3. The molecule has 0 unspecified atom stereocenters. The number of esters is 1. The SMILES string of the molecule is CCOc1cc(/C=C2/N=C(c3cccs3)OC2=O)ccc1OCc1ccccc1. The molecule has 1 aliphatic rings. The minimum atomic E-state index is -0.462. The van der Waals surface area contributed by atoms with Gasteiger partial charge in [-0.2, -0.15) is 0 Å². The quantitative estimate of drug-likeness (QED) is 0.407. The molecule has 0 saturated carbocycles. The Bertz CT molecular complexity index is 1060. The largest absolute Gasteiger partial charge is 0.490 e. The van der Waals surface area contributed by atoms with Gasteiger partial charge in [0.2, 0.25) is 5.90 Å². The lowest BCUT2D eigenvalue weighted by Gasteiger charge is -2.12. The molecule has 1 aliphatic heterocycles. The molecule has 4 rings (SSSR count). The molecule has 0 radical (unpaired) electrons. The summed E-state index contributed by atoms with van der Waals surface area (Å²) in [6.45, 7) is 2.87. The summed E-state index contributed by atoms with van der Waals surface area (Å²) in [6.07, 6.45) is 1.69. The number of aliphatic imine (C=N–C) groups is 1. The molecule has 3 aromatic rings. The molecule has 0 saturated heterocycles. The van der Waals surface area contributed by atoms with Crippen molar-refractivity contribution in [1.29, 1.82) is 0 Å². The van der Waals surface area contributed by atoms with E-state index in [1.54, 1.807) is 6.08 Å². The van der Waals surface area contributed by atoms with E-state index < -0.39 is 5.97 Å². The molecular formula is C23H19NO4S. The van der Waals surface area contributed by atoms with E-state index in [2.05, 4.69) is 4.99 Å². The lowest BCUT2D eigenvalue weighted by molar-refractivity contribution is -0.129. The van der Waals surface area contributed by atoms with Gasteiger partial charge in [0.1, 0.15) is 6.61 Å². The Hall–Kier alpha value is -3.38. The summed E-state index contributed by atoms with van der Waals surface area (Å²) in [5, 5.41) is 1.91. The molecule has 0 N–H and O–H groups in total. The Kier molecular flexibility index (Phi) is 5.72. The van der Waals surface area contributed by atoms with Crippen LogP contribution in [0.15, 0.2) is 76.7 Å². The lowest BCUT2D eigenvalue weighted by Crippen LogP contribution is -2.03. The molecule has 2 aromatic carbocycles. The van der Waals surface area contributed by atoms with Crippen LogP contribution in [0.25, 0.3) is 6.08 Å². The molecule has 146 valence electrons.